The predicted molar refractivity (Wildman–Crippen MR) is 90.4 cm³/mol. The van der Waals surface area contributed by atoms with E-state index >= 15 is 0 Å². The fourth-order valence-corrected chi connectivity index (χ4v) is 3.09. The first-order valence-corrected chi connectivity index (χ1v) is 8.83. The quantitative estimate of drug-likeness (QED) is 0.796. The first-order valence-electron chi connectivity index (χ1n) is 6.94. The minimum atomic E-state index is -3.43. The second kappa shape index (κ2) is 5.34. The van der Waals surface area contributed by atoms with Crippen LogP contribution in [0, 0.1) is 12.7 Å². The van der Waals surface area contributed by atoms with Gasteiger partial charge in [-0.3, -0.25) is 0 Å². The van der Waals surface area contributed by atoms with Gasteiger partial charge in [0, 0.05) is 20.4 Å². The molecule has 0 aliphatic heterocycles. The number of nitrogens with one attached hydrogen (secondary N) is 1. The Morgan fingerprint density at radius 2 is 2.00 bits per heavy atom. The zero-order chi connectivity index (χ0) is 16.8. The van der Waals surface area contributed by atoms with Crippen LogP contribution in [0.25, 0.3) is 11.0 Å². The van der Waals surface area contributed by atoms with Crippen molar-refractivity contribution in [2.45, 2.75) is 11.8 Å². The third kappa shape index (κ3) is 2.92. The first-order chi connectivity index (χ1) is 10.8. The van der Waals surface area contributed by atoms with E-state index in [2.05, 4.69) is 10.3 Å². The second-order valence-electron chi connectivity index (χ2n) is 5.56. The number of aromatic nitrogens is 2. The topological polar surface area (TPSA) is 64.0 Å². The summed E-state index contributed by atoms with van der Waals surface area (Å²) in [6.45, 7) is 1.93. The molecule has 0 spiro atoms. The summed E-state index contributed by atoms with van der Waals surface area (Å²) in [6.07, 6.45) is 2.78. The third-order valence-electron chi connectivity index (χ3n) is 3.67. The highest BCUT2D eigenvalue weighted by atomic mass is 32.2. The number of fused-ring (bicyclic) bond motifs is 1. The Hall–Kier alpha value is -2.41. The Bertz CT molecular complexity index is 1020. The van der Waals surface area contributed by atoms with Crippen molar-refractivity contribution in [2.75, 3.05) is 11.6 Å². The number of hydrogen-bond donors (Lipinski definition) is 1. The average molecular weight is 335 g/mol. The van der Waals surface area contributed by atoms with Gasteiger partial charge in [0.2, 0.25) is 0 Å². The van der Waals surface area contributed by atoms with E-state index in [0.717, 1.165) is 28.9 Å². The van der Waals surface area contributed by atoms with Crippen LogP contribution in [0.5, 0.6) is 0 Å². The summed E-state index contributed by atoms with van der Waals surface area (Å²) < 4.78 is 39.0. The molecule has 0 radical (unpaired) electrons. The fraction of sp³-hybridized carbons (Fsp3) is 0.188. The maximum Gasteiger partial charge on any atom is 0.175 e. The van der Waals surface area contributed by atoms with Crippen molar-refractivity contribution in [1.82, 2.24) is 9.55 Å². The van der Waals surface area contributed by atoms with Crippen molar-refractivity contribution in [3.05, 3.63) is 48.0 Å². The lowest BCUT2D eigenvalue weighted by Crippen LogP contribution is -2.00. The van der Waals surface area contributed by atoms with Crippen LogP contribution in [0.2, 0.25) is 0 Å². The van der Waals surface area contributed by atoms with Crippen LogP contribution in [0.1, 0.15) is 6.99 Å². The molecule has 2 aromatic carbocycles. The highest BCUT2D eigenvalue weighted by Crippen LogP contribution is 2.27. The summed E-state index contributed by atoms with van der Waals surface area (Å²) in [4.78, 5) is 4.27. The van der Waals surface area contributed by atoms with Gasteiger partial charge in [0.1, 0.15) is 5.82 Å². The molecule has 0 aliphatic rings. The smallest absolute Gasteiger partial charge is 0.175 e. The molecule has 23 heavy (non-hydrogen) atoms. The summed E-state index contributed by atoms with van der Waals surface area (Å²) in [6, 6.07) is 7.58. The number of benzene rings is 2. The number of imidazole rings is 1. The normalized spacial score (nSPS) is 11.8. The van der Waals surface area contributed by atoms with Gasteiger partial charge in [-0.05, 0) is 42.8 Å². The van der Waals surface area contributed by atoms with Crippen LogP contribution in [0.3, 0.4) is 0 Å². The van der Waals surface area contributed by atoms with Crippen LogP contribution in [-0.4, -0.2) is 24.2 Å². The molecular weight excluding hydrogens is 317 g/mol. The van der Waals surface area contributed by atoms with Crippen molar-refractivity contribution in [3.63, 3.8) is 0 Å². The molecule has 0 saturated carbocycles. The molecule has 1 aromatic heterocycles. The van der Waals surface area contributed by atoms with Gasteiger partial charge in [0.05, 0.1) is 27.9 Å². The van der Waals surface area contributed by atoms with Crippen molar-refractivity contribution < 1.29 is 14.2 Å². The predicted octanol–water partition coefficient (Wildman–Crippen LogP) is 3.41. The number of aryl methyl sites for hydroxylation is 2. The van der Waals surface area contributed by atoms with Crippen molar-refractivity contribution in [2.24, 2.45) is 7.05 Å². The van der Waals surface area contributed by atoms with Gasteiger partial charge in [-0.25, -0.2) is 17.8 Å². The molecule has 0 fully saturated rings. The highest BCUT2D eigenvalue weighted by Gasteiger charge is 2.12. The molecule has 3 rings (SSSR count). The standard InChI is InChI=1S/C16H16FN3O2S.H2/c1-10-6-11(7-15-16(10)18-9-20(15)2)19-14-5-4-12(8-13(14)17)23(3,21)22;/h4-9,19H,1-3H3;1H. The molecule has 122 valence electrons. The van der Waals surface area contributed by atoms with Gasteiger partial charge in [-0.2, -0.15) is 0 Å². The molecule has 1 heterocycles. The lowest BCUT2D eigenvalue weighted by Gasteiger charge is -2.10. The van der Waals surface area contributed by atoms with E-state index in [0.29, 0.717) is 5.69 Å². The summed E-state index contributed by atoms with van der Waals surface area (Å²) in [5, 5.41) is 2.99. The number of halogens is 1. The van der Waals surface area contributed by atoms with Crippen LogP contribution in [0.15, 0.2) is 41.6 Å². The molecule has 0 amide bonds. The molecule has 1 N–H and O–H groups in total. The van der Waals surface area contributed by atoms with Crippen LogP contribution >= 0.6 is 0 Å². The zero-order valence-corrected chi connectivity index (χ0v) is 13.8. The SMILES string of the molecule is Cc1cc(Nc2ccc(S(C)(=O)=O)cc2F)cc2c1ncn2C.[HH]. The number of anilines is 2. The molecule has 0 aliphatic carbocycles. The summed E-state index contributed by atoms with van der Waals surface area (Å²) >= 11 is 0. The number of rotatable bonds is 3. The van der Waals surface area contributed by atoms with E-state index in [1.165, 1.54) is 12.1 Å². The van der Waals surface area contributed by atoms with Crippen molar-refractivity contribution >= 4 is 32.2 Å². The molecular formula is C16H18FN3O2S. The van der Waals surface area contributed by atoms with Crippen LogP contribution < -0.4 is 5.32 Å². The Morgan fingerprint density at radius 1 is 1.26 bits per heavy atom. The lowest BCUT2D eigenvalue weighted by molar-refractivity contribution is 0.596. The summed E-state index contributed by atoms with van der Waals surface area (Å²) in [7, 11) is -1.54. The van der Waals surface area contributed by atoms with Crippen molar-refractivity contribution in [1.29, 1.82) is 0 Å². The molecule has 0 saturated heterocycles. The van der Waals surface area contributed by atoms with Crippen molar-refractivity contribution in [3.8, 4) is 0 Å². The van der Waals surface area contributed by atoms with E-state index < -0.39 is 15.7 Å². The average Bonchev–Trinajstić information content (AvgIpc) is 2.82. The Kier molecular flexibility index (Phi) is 3.60. The van der Waals surface area contributed by atoms with E-state index in [-0.39, 0.29) is 12.0 Å². The second-order valence-corrected chi connectivity index (χ2v) is 7.57. The molecule has 0 atom stereocenters. The fourth-order valence-electron chi connectivity index (χ4n) is 2.46. The highest BCUT2D eigenvalue weighted by molar-refractivity contribution is 7.90. The van der Waals surface area contributed by atoms with Gasteiger partial charge < -0.3 is 9.88 Å². The van der Waals surface area contributed by atoms with Gasteiger partial charge in [-0.1, -0.05) is 0 Å². The maximum absolute atomic E-state index is 14.2. The largest absolute Gasteiger partial charge is 0.353 e. The molecule has 7 heteroatoms. The van der Waals surface area contributed by atoms with Gasteiger partial charge in [-0.15, -0.1) is 0 Å². The molecule has 0 bridgehead atoms. The Morgan fingerprint density at radius 3 is 2.65 bits per heavy atom. The van der Waals surface area contributed by atoms with Crippen LogP contribution in [0.4, 0.5) is 15.8 Å². The van der Waals surface area contributed by atoms with E-state index in [1.54, 1.807) is 6.33 Å². The monoisotopic (exact) mass is 335 g/mol. The molecule has 3 aromatic rings. The van der Waals surface area contributed by atoms with Gasteiger partial charge in [0.15, 0.2) is 9.84 Å². The van der Waals surface area contributed by atoms with E-state index in [4.69, 9.17) is 0 Å². The van der Waals surface area contributed by atoms with E-state index in [1.807, 2.05) is 30.7 Å². The zero-order valence-electron chi connectivity index (χ0n) is 13.0. The van der Waals surface area contributed by atoms with Gasteiger partial charge >= 0.3 is 0 Å². The minimum absolute atomic E-state index is 0. The first kappa shape index (κ1) is 15.5. The van der Waals surface area contributed by atoms with E-state index in [9.17, 15) is 12.8 Å². The number of nitrogens with zero attached hydrogens (tertiary/aromatic N) is 2. The number of hydrogen-bond acceptors (Lipinski definition) is 4. The van der Waals surface area contributed by atoms with Crippen LogP contribution in [-0.2, 0) is 16.9 Å². The lowest BCUT2D eigenvalue weighted by atomic mass is 10.1. The maximum atomic E-state index is 14.2. The number of sulfone groups is 1. The molecule has 5 nitrogen and oxygen atoms in total. The summed E-state index contributed by atoms with van der Waals surface area (Å²) in [5.74, 6) is -0.615. The van der Waals surface area contributed by atoms with Gasteiger partial charge in [0.25, 0.3) is 0 Å². The Balaban J connectivity index is 0.00000208. The molecule has 0 unspecified atom stereocenters. The minimum Gasteiger partial charge on any atom is -0.353 e. The Labute approximate surface area is 135 Å². The summed E-state index contributed by atoms with van der Waals surface area (Å²) in [5.41, 5.74) is 3.73. The third-order valence-corrected chi connectivity index (χ3v) is 4.78.